The highest BCUT2D eigenvalue weighted by molar-refractivity contribution is 6.17. The molecule has 0 aliphatic heterocycles. The molecule has 0 aliphatic rings. The predicted octanol–water partition coefficient (Wildman–Crippen LogP) is 2.63. The van der Waals surface area contributed by atoms with Gasteiger partial charge in [0.1, 0.15) is 5.82 Å². The first-order valence-electron chi connectivity index (χ1n) is 3.67. The third-order valence-electron chi connectivity index (χ3n) is 1.67. The minimum absolute atomic E-state index is 0.240. The highest BCUT2D eigenvalue weighted by Crippen LogP contribution is 2.20. The van der Waals surface area contributed by atoms with Crippen LogP contribution in [0.15, 0.2) is 18.2 Å². The van der Waals surface area contributed by atoms with Crippen molar-refractivity contribution in [1.29, 1.82) is 0 Å². The van der Waals surface area contributed by atoms with Crippen LogP contribution in [0.25, 0.3) is 0 Å². The SMILES string of the molecule is CN(C)c1ccc(F)cc1CCl. The molecule has 1 aromatic rings. The van der Waals surface area contributed by atoms with Gasteiger partial charge in [-0.1, -0.05) is 0 Å². The summed E-state index contributed by atoms with van der Waals surface area (Å²) in [7, 11) is 3.81. The van der Waals surface area contributed by atoms with E-state index in [1.54, 1.807) is 6.07 Å². The number of anilines is 1. The van der Waals surface area contributed by atoms with E-state index in [1.807, 2.05) is 19.0 Å². The fourth-order valence-corrected chi connectivity index (χ4v) is 1.31. The van der Waals surface area contributed by atoms with Gasteiger partial charge >= 0.3 is 0 Å². The highest BCUT2D eigenvalue weighted by Gasteiger charge is 2.03. The van der Waals surface area contributed by atoms with Gasteiger partial charge in [0.2, 0.25) is 0 Å². The summed E-state index contributed by atoms with van der Waals surface area (Å²) in [5.74, 6) is 0.0990. The molecule has 0 aromatic heterocycles. The van der Waals surface area contributed by atoms with E-state index in [2.05, 4.69) is 0 Å². The number of halogens is 2. The maximum absolute atomic E-state index is 12.7. The van der Waals surface area contributed by atoms with Crippen LogP contribution in [0.4, 0.5) is 10.1 Å². The molecule has 0 N–H and O–H groups in total. The average Bonchev–Trinajstić information content (AvgIpc) is 2.03. The van der Waals surface area contributed by atoms with Crippen LogP contribution in [0.1, 0.15) is 5.56 Å². The molecule has 0 saturated heterocycles. The Morgan fingerprint density at radius 2 is 2.08 bits per heavy atom. The van der Waals surface area contributed by atoms with E-state index in [0.717, 1.165) is 11.3 Å². The number of rotatable bonds is 2. The Morgan fingerprint density at radius 3 is 2.58 bits per heavy atom. The topological polar surface area (TPSA) is 3.24 Å². The van der Waals surface area contributed by atoms with Gasteiger partial charge in [0, 0.05) is 25.7 Å². The Kier molecular flexibility index (Phi) is 2.93. The van der Waals surface area contributed by atoms with Crippen molar-refractivity contribution in [2.75, 3.05) is 19.0 Å². The molecular formula is C9H11ClFN. The Morgan fingerprint density at radius 1 is 1.42 bits per heavy atom. The first kappa shape index (κ1) is 9.33. The molecule has 0 fully saturated rings. The molecule has 1 nitrogen and oxygen atoms in total. The lowest BCUT2D eigenvalue weighted by Crippen LogP contribution is -2.10. The third kappa shape index (κ3) is 1.89. The van der Waals surface area contributed by atoms with Gasteiger partial charge in [-0.25, -0.2) is 4.39 Å². The standard InChI is InChI=1S/C9H11ClFN/c1-12(2)9-4-3-8(11)5-7(9)6-10/h3-5H,6H2,1-2H3. The lowest BCUT2D eigenvalue weighted by molar-refractivity contribution is 0.626. The molecule has 3 heteroatoms. The number of nitrogens with zero attached hydrogens (tertiary/aromatic N) is 1. The maximum atomic E-state index is 12.7. The van der Waals surface area contributed by atoms with Crippen LogP contribution in [0.2, 0.25) is 0 Å². The minimum atomic E-state index is -0.240. The van der Waals surface area contributed by atoms with Gasteiger partial charge in [-0.2, -0.15) is 0 Å². The Balaban J connectivity index is 3.11. The Hall–Kier alpha value is -0.760. The zero-order valence-electron chi connectivity index (χ0n) is 7.14. The van der Waals surface area contributed by atoms with Crippen molar-refractivity contribution in [1.82, 2.24) is 0 Å². The first-order chi connectivity index (χ1) is 5.65. The monoisotopic (exact) mass is 187 g/mol. The lowest BCUT2D eigenvalue weighted by Gasteiger charge is -2.15. The number of alkyl halides is 1. The fraction of sp³-hybridized carbons (Fsp3) is 0.333. The van der Waals surface area contributed by atoms with Crippen molar-refractivity contribution < 1.29 is 4.39 Å². The predicted molar refractivity (Wildman–Crippen MR) is 50.3 cm³/mol. The Bertz CT molecular complexity index is 273. The summed E-state index contributed by atoms with van der Waals surface area (Å²) in [5.41, 5.74) is 1.79. The van der Waals surface area contributed by atoms with Gasteiger partial charge in [0.15, 0.2) is 0 Å². The molecule has 0 radical (unpaired) electrons. The van der Waals surface area contributed by atoms with Gasteiger partial charge in [0.05, 0.1) is 0 Å². The van der Waals surface area contributed by atoms with E-state index in [0.29, 0.717) is 5.88 Å². The van der Waals surface area contributed by atoms with Crippen LogP contribution >= 0.6 is 11.6 Å². The molecular weight excluding hydrogens is 177 g/mol. The van der Waals surface area contributed by atoms with Gasteiger partial charge in [-0.3, -0.25) is 0 Å². The molecule has 1 rings (SSSR count). The largest absolute Gasteiger partial charge is 0.377 e. The molecule has 0 spiro atoms. The second kappa shape index (κ2) is 3.76. The zero-order chi connectivity index (χ0) is 9.14. The molecule has 12 heavy (non-hydrogen) atoms. The van der Waals surface area contributed by atoms with Crippen molar-refractivity contribution in [3.63, 3.8) is 0 Å². The quantitative estimate of drug-likeness (QED) is 0.644. The Labute approximate surface area is 76.8 Å². The molecule has 0 heterocycles. The number of hydrogen-bond acceptors (Lipinski definition) is 1. The molecule has 0 aliphatic carbocycles. The van der Waals surface area contributed by atoms with Crippen molar-refractivity contribution in [3.05, 3.63) is 29.6 Å². The number of benzene rings is 1. The summed E-state index contributed by atoms with van der Waals surface area (Å²) < 4.78 is 12.7. The van der Waals surface area contributed by atoms with Crippen LogP contribution < -0.4 is 4.90 Å². The smallest absolute Gasteiger partial charge is 0.123 e. The summed E-state index contributed by atoms with van der Waals surface area (Å²) >= 11 is 5.65. The van der Waals surface area contributed by atoms with Crippen LogP contribution in [-0.2, 0) is 5.88 Å². The molecule has 0 saturated carbocycles. The zero-order valence-corrected chi connectivity index (χ0v) is 7.90. The van der Waals surface area contributed by atoms with Crippen molar-refractivity contribution >= 4 is 17.3 Å². The van der Waals surface area contributed by atoms with Gasteiger partial charge in [-0.15, -0.1) is 11.6 Å². The highest BCUT2D eigenvalue weighted by atomic mass is 35.5. The number of hydrogen-bond donors (Lipinski definition) is 0. The first-order valence-corrected chi connectivity index (χ1v) is 4.20. The van der Waals surface area contributed by atoms with Crippen molar-refractivity contribution in [2.45, 2.75) is 5.88 Å². The van der Waals surface area contributed by atoms with E-state index >= 15 is 0 Å². The van der Waals surface area contributed by atoms with Crippen LogP contribution in [-0.4, -0.2) is 14.1 Å². The van der Waals surface area contributed by atoms with Crippen LogP contribution in [0, 0.1) is 5.82 Å². The van der Waals surface area contributed by atoms with E-state index in [4.69, 9.17) is 11.6 Å². The molecule has 0 unspecified atom stereocenters. The van der Waals surface area contributed by atoms with Crippen molar-refractivity contribution in [3.8, 4) is 0 Å². The second-order valence-electron chi connectivity index (χ2n) is 2.80. The summed E-state index contributed by atoms with van der Waals surface area (Å²) in [4.78, 5) is 1.91. The van der Waals surface area contributed by atoms with E-state index in [9.17, 15) is 4.39 Å². The summed E-state index contributed by atoms with van der Waals surface area (Å²) in [6, 6.07) is 4.63. The van der Waals surface area contributed by atoms with Crippen LogP contribution in [0.5, 0.6) is 0 Å². The van der Waals surface area contributed by atoms with Crippen molar-refractivity contribution in [2.24, 2.45) is 0 Å². The summed E-state index contributed by atoms with van der Waals surface area (Å²) in [5, 5.41) is 0. The molecule has 66 valence electrons. The lowest BCUT2D eigenvalue weighted by atomic mass is 10.2. The maximum Gasteiger partial charge on any atom is 0.123 e. The minimum Gasteiger partial charge on any atom is -0.377 e. The van der Waals surface area contributed by atoms with E-state index < -0.39 is 0 Å². The van der Waals surface area contributed by atoms with E-state index in [1.165, 1.54) is 12.1 Å². The summed E-state index contributed by atoms with van der Waals surface area (Å²) in [6.45, 7) is 0. The molecule has 1 aromatic carbocycles. The van der Waals surface area contributed by atoms with E-state index in [-0.39, 0.29) is 5.82 Å². The molecule has 0 bridgehead atoms. The van der Waals surface area contributed by atoms with Gasteiger partial charge in [-0.05, 0) is 23.8 Å². The molecule has 0 amide bonds. The fourth-order valence-electron chi connectivity index (χ4n) is 1.10. The van der Waals surface area contributed by atoms with Gasteiger partial charge < -0.3 is 4.90 Å². The normalized spacial score (nSPS) is 10.0. The third-order valence-corrected chi connectivity index (χ3v) is 1.96. The summed E-state index contributed by atoms with van der Waals surface area (Å²) in [6.07, 6.45) is 0. The molecule has 0 atom stereocenters. The van der Waals surface area contributed by atoms with Gasteiger partial charge in [0.25, 0.3) is 0 Å². The van der Waals surface area contributed by atoms with Crippen LogP contribution in [0.3, 0.4) is 0 Å². The average molecular weight is 188 g/mol. The second-order valence-corrected chi connectivity index (χ2v) is 3.07.